The normalized spacial score (nSPS) is 18.9. The first-order chi connectivity index (χ1) is 9.67. The van der Waals surface area contributed by atoms with Crippen LogP contribution in [0, 0.1) is 10.1 Å². The number of nitro groups is 1. The van der Waals surface area contributed by atoms with Crippen LogP contribution in [0.5, 0.6) is 5.75 Å². The maximum Gasteiger partial charge on any atom is 0.296 e. The summed E-state index contributed by atoms with van der Waals surface area (Å²) in [5.41, 5.74) is 0.808. The zero-order valence-electron chi connectivity index (χ0n) is 12.0. The van der Waals surface area contributed by atoms with E-state index in [9.17, 15) is 10.1 Å². The number of rotatable bonds is 5. The highest BCUT2D eigenvalue weighted by molar-refractivity contribution is 5.66. The van der Waals surface area contributed by atoms with Crippen molar-refractivity contribution in [1.29, 1.82) is 0 Å². The minimum Gasteiger partial charge on any atom is -0.496 e. The highest BCUT2D eigenvalue weighted by Gasteiger charge is 2.28. The molecule has 0 spiro atoms. The number of benzene rings is 1. The molecule has 2 rings (SSSR count). The molecule has 1 saturated heterocycles. The smallest absolute Gasteiger partial charge is 0.296 e. The van der Waals surface area contributed by atoms with Gasteiger partial charge in [0.25, 0.3) is 5.69 Å². The summed E-state index contributed by atoms with van der Waals surface area (Å²) in [4.78, 5) is 13.1. The maximum absolute atomic E-state index is 11.3. The van der Waals surface area contributed by atoms with Gasteiger partial charge in [-0.3, -0.25) is 10.1 Å². The van der Waals surface area contributed by atoms with Crippen molar-refractivity contribution in [3.8, 4) is 5.75 Å². The molecule has 0 radical (unpaired) electrons. The highest BCUT2D eigenvalue weighted by Crippen LogP contribution is 2.35. The molecule has 0 aliphatic carbocycles. The largest absolute Gasteiger partial charge is 0.496 e. The topological polar surface area (TPSA) is 67.6 Å². The second-order valence-corrected chi connectivity index (χ2v) is 5.01. The lowest BCUT2D eigenvalue weighted by Crippen LogP contribution is -2.45. The van der Waals surface area contributed by atoms with Crippen LogP contribution in [0.15, 0.2) is 18.2 Å². The van der Waals surface area contributed by atoms with Crippen LogP contribution >= 0.6 is 0 Å². The third-order valence-electron chi connectivity index (χ3n) is 3.76. The fraction of sp³-hybridized carbons (Fsp3) is 0.571. The van der Waals surface area contributed by atoms with E-state index < -0.39 is 0 Å². The summed E-state index contributed by atoms with van der Waals surface area (Å²) in [5, 5.41) is 14.5. The first kappa shape index (κ1) is 14.6. The second kappa shape index (κ2) is 6.56. The Kier molecular flexibility index (Phi) is 4.79. The molecule has 0 amide bonds. The van der Waals surface area contributed by atoms with E-state index in [1.54, 1.807) is 12.1 Å². The number of likely N-dealkylation sites (N-methyl/N-ethyl adjacent to an activating group) is 1. The van der Waals surface area contributed by atoms with Crippen molar-refractivity contribution in [3.05, 3.63) is 28.3 Å². The number of nitrogens with zero attached hydrogens (tertiary/aromatic N) is 2. The highest BCUT2D eigenvalue weighted by atomic mass is 16.6. The molecule has 1 unspecified atom stereocenters. The van der Waals surface area contributed by atoms with E-state index in [0.717, 1.165) is 25.9 Å². The molecule has 6 nitrogen and oxygen atoms in total. The van der Waals surface area contributed by atoms with E-state index in [0.29, 0.717) is 17.5 Å². The van der Waals surface area contributed by atoms with Crippen LogP contribution in [0.25, 0.3) is 0 Å². The maximum atomic E-state index is 11.3. The quantitative estimate of drug-likeness (QED) is 0.661. The number of nitro benzene ring substituents is 1. The van der Waals surface area contributed by atoms with Gasteiger partial charge in [0, 0.05) is 19.1 Å². The molecular weight excluding hydrogens is 258 g/mol. The van der Waals surface area contributed by atoms with Gasteiger partial charge < -0.3 is 15.0 Å². The summed E-state index contributed by atoms with van der Waals surface area (Å²) < 4.78 is 5.09. The molecule has 1 aliphatic heterocycles. The van der Waals surface area contributed by atoms with E-state index in [-0.39, 0.29) is 10.6 Å². The lowest BCUT2D eigenvalue weighted by molar-refractivity contribution is -0.384. The molecular formula is C14H21N3O3. The fourth-order valence-electron chi connectivity index (χ4n) is 2.78. The van der Waals surface area contributed by atoms with E-state index in [2.05, 4.69) is 10.2 Å². The Morgan fingerprint density at radius 2 is 2.30 bits per heavy atom. The van der Waals surface area contributed by atoms with Gasteiger partial charge >= 0.3 is 0 Å². The molecule has 1 heterocycles. The molecule has 1 N–H and O–H groups in total. The Morgan fingerprint density at radius 1 is 1.50 bits per heavy atom. The van der Waals surface area contributed by atoms with Crippen LogP contribution in [-0.4, -0.2) is 38.2 Å². The number of anilines is 1. The SMILES string of the molecule is CNCC1CCCCN1c1ccc(OC)cc1[N+](=O)[O-]. The van der Waals surface area contributed by atoms with Gasteiger partial charge in [0.15, 0.2) is 0 Å². The van der Waals surface area contributed by atoms with E-state index >= 15 is 0 Å². The van der Waals surface area contributed by atoms with Crippen LogP contribution in [0.3, 0.4) is 0 Å². The molecule has 0 aromatic heterocycles. The summed E-state index contributed by atoms with van der Waals surface area (Å²) in [6.07, 6.45) is 3.31. The average Bonchev–Trinajstić information content (AvgIpc) is 2.47. The second-order valence-electron chi connectivity index (χ2n) is 5.01. The number of methoxy groups -OCH3 is 1. The molecule has 0 bridgehead atoms. The van der Waals surface area contributed by atoms with E-state index in [4.69, 9.17) is 4.74 Å². The first-order valence-corrected chi connectivity index (χ1v) is 6.91. The Hall–Kier alpha value is -1.82. The molecule has 110 valence electrons. The zero-order valence-corrected chi connectivity index (χ0v) is 12.0. The average molecular weight is 279 g/mol. The molecule has 0 saturated carbocycles. The number of hydrogen-bond donors (Lipinski definition) is 1. The van der Waals surface area contributed by atoms with Crippen molar-refractivity contribution in [2.24, 2.45) is 0 Å². The monoisotopic (exact) mass is 279 g/mol. The molecule has 1 fully saturated rings. The zero-order chi connectivity index (χ0) is 14.5. The molecule has 1 atom stereocenters. The lowest BCUT2D eigenvalue weighted by atomic mass is 10.0. The molecule has 1 aromatic carbocycles. The van der Waals surface area contributed by atoms with Crippen molar-refractivity contribution in [1.82, 2.24) is 5.32 Å². The van der Waals surface area contributed by atoms with Crippen LogP contribution in [-0.2, 0) is 0 Å². The molecule has 1 aliphatic rings. The summed E-state index contributed by atoms with van der Waals surface area (Å²) in [6.45, 7) is 1.70. The summed E-state index contributed by atoms with van der Waals surface area (Å²) in [7, 11) is 3.43. The van der Waals surface area contributed by atoms with Gasteiger partial charge in [0.2, 0.25) is 0 Å². The fourth-order valence-corrected chi connectivity index (χ4v) is 2.78. The number of hydrogen-bond acceptors (Lipinski definition) is 5. The Morgan fingerprint density at radius 3 is 2.95 bits per heavy atom. The van der Waals surface area contributed by atoms with Crippen LogP contribution in [0.2, 0.25) is 0 Å². The first-order valence-electron chi connectivity index (χ1n) is 6.91. The molecule has 20 heavy (non-hydrogen) atoms. The van der Waals surface area contributed by atoms with Crippen LogP contribution in [0.1, 0.15) is 19.3 Å². The number of piperidine rings is 1. The van der Waals surface area contributed by atoms with Crippen molar-refractivity contribution in [2.75, 3.05) is 32.1 Å². The van der Waals surface area contributed by atoms with Crippen LogP contribution in [0.4, 0.5) is 11.4 Å². The molecule has 6 heteroatoms. The Labute approximate surface area is 118 Å². The Bertz CT molecular complexity index is 477. The van der Waals surface area contributed by atoms with Crippen molar-refractivity contribution in [3.63, 3.8) is 0 Å². The van der Waals surface area contributed by atoms with Crippen molar-refractivity contribution in [2.45, 2.75) is 25.3 Å². The Balaban J connectivity index is 2.36. The minimum atomic E-state index is -0.330. The van der Waals surface area contributed by atoms with Gasteiger partial charge in [-0.25, -0.2) is 0 Å². The van der Waals surface area contributed by atoms with E-state index in [1.807, 2.05) is 7.05 Å². The minimum absolute atomic E-state index is 0.118. The predicted octanol–water partition coefficient (Wildman–Crippen LogP) is 2.18. The lowest BCUT2D eigenvalue weighted by Gasteiger charge is -2.37. The third kappa shape index (κ3) is 3.01. The summed E-state index contributed by atoms with van der Waals surface area (Å²) >= 11 is 0. The standard InChI is InChI=1S/C14H21N3O3/c1-15-10-11-5-3-4-8-16(11)13-7-6-12(20-2)9-14(13)17(18)19/h6-7,9,11,15H,3-5,8,10H2,1-2H3. The van der Waals surface area contributed by atoms with Gasteiger partial charge in [0.05, 0.1) is 18.1 Å². The predicted molar refractivity (Wildman–Crippen MR) is 78.6 cm³/mol. The summed E-state index contributed by atoms with van der Waals surface area (Å²) in [5.74, 6) is 0.516. The van der Waals surface area contributed by atoms with Crippen molar-refractivity contribution >= 4 is 11.4 Å². The molecule has 1 aromatic rings. The number of ether oxygens (including phenoxy) is 1. The van der Waals surface area contributed by atoms with Crippen LogP contribution < -0.4 is 15.0 Å². The van der Waals surface area contributed by atoms with E-state index in [1.165, 1.54) is 19.6 Å². The van der Waals surface area contributed by atoms with Gasteiger partial charge in [0.1, 0.15) is 11.4 Å². The van der Waals surface area contributed by atoms with Gasteiger partial charge in [-0.2, -0.15) is 0 Å². The number of nitrogens with one attached hydrogen (secondary N) is 1. The summed E-state index contributed by atoms with van der Waals surface area (Å²) in [6, 6.07) is 5.39. The third-order valence-corrected chi connectivity index (χ3v) is 3.76. The van der Waals surface area contributed by atoms with Gasteiger partial charge in [-0.1, -0.05) is 0 Å². The van der Waals surface area contributed by atoms with Gasteiger partial charge in [-0.15, -0.1) is 0 Å². The van der Waals surface area contributed by atoms with Crippen molar-refractivity contribution < 1.29 is 9.66 Å². The van der Waals surface area contributed by atoms with Gasteiger partial charge in [-0.05, 0) is 38.4 Å².